The Morgan fingerprint density at radius 3 is 2.32 bits per heavy atom. The number of nitrogens with one attached hydrogen (secondary N) is 2. The molecule has 7 heteroatoms. The molecule has 0 spiro atoms. The monoisotopic (exact) mass is 308 g/mol. The Balaban J connectivity index is 2.38. The van der Waals surface area contributed by atoms with Gasteiger partial charge in [0.2, 0.25) is 11.8 Å². The molecule has 1 aromatic carbocycles. The minimum atomic E-state index is -0.451. The van der Waals surface area contributed by atoms with Crippen molar-refractivity contribution < 1.29 is 23.9 Å². The minimum Gasteiger partial charge on any atom is -0.465 e. The Morgan fingerprint density at radius 1 is 1.05 bits per heavy atom. The summed E-state index contributed by atoms with van der Waals surface area (Å²) in [6.07, 6.45) is 0.435. The van der Waals surface area contributed by atoms with Gasteiger partial charge in [-0.15, -0.1) is 0 Å². The van der Waals surface area contributed by atoms with Crippen molar-refractivity contribution in [1.29, 1.82) is 0 Å². The molecule has 22 heavy (non-hydrogen) atoms. The lowest BCUT2D eigenvalue weighted by Gasteiger charge is -2.07. The first-order valence-corrected chi connectivity index (χ1v) is 6.80. The number of ether oxygens (including phenoxy) is 2. The molecule has 0 saturated heterocycles. The molecule has 2 N–H and O–H groups in total. The summed E-state index contributed by atoms with van der Waals surface area (Å²) in [5.74, 6) is -1.22. The molecule has 0 aliphatic heterocycles. The van der Waals surface area contributed by atoms with E-state index in [4.69, 9.17) is 4.74 Å². The van der Waals surface area contributed by atoms with Gasteiger partial charge in [0.15, 0.2) is 0 Å². The topological polar surface area (TPSA) is 93.7 Å². The normalized spacial score (nSPS) is 9.91. The van der Waals surface area contributed by atoms with Crippen LogP contribution in [0.3, 0.4) is 0 Å². The largest absolute Gasteiger partial charge is 0.465 e. The van der Waals surface area contributed by atoms with Crippen LogP contribution in [-0.4, -0.2) is 45.2 Å². The number of esters is 1. The molecule has 7 nitrogen and oxygen atoms in total. The molecule has 0 bridgehead atoms. The molecule has 0 radical (unpaired) electrons. The van der Waals surface area contributed by atoms with Crippen molar-refractivity contribution in [2.24, 2.45) is 0 Å². The summed E-state index contributed by atoms with van der Waals surface area (Å²) < 4.78 is 9.43. The van der Waals surface area contributed by atoms with E-state index >= 15 is 0 Å². The zero-order chi connectivity index (χ0) is 16.4. The predicted molar refractivity (Wildman–Crippen MR) is 80.5 cm³/mol. The molecule has 0 saturated carbocycles. The molecule has 0 fully saturated rings. The smallest absolute Gasteiger partial charge is 0.337 e. The van der Waals surface area contributed by atoms with Crippen LogP contribution in [0.25, 0.3) is 0 Å². The molecule has 0 aliphatic rings. The van der Waals surface area contributed by atoms with E-state index in [9.17, 15) is 14.4 Å². The van der Waals surface area contributed by atoms with E-state index in [1.54, 1.807) is 19.2 Å². The summed E-state index contributed by atoms with van der Waals surface area (Å²) >= 11 is 0. The van der Waals surface area contributed by atoms with Gasteiger partial charge in [-0.2, -0.15) is 0 Å². The van der Waals surface area contributed by atoms with Crippen LogP contribution in [0.5, 0.6) is 0 Å². The van der Waals surface area contributed by atoms with Gasteiger partial charge >= 0.3 is 5.97 Å². The van der Waals surface area contributed by atoms with Gasteiger partial charge in [-0.3, -0.25) is 9.59 Å². The number of hydrogen-bond acceptors (Lipinski definition) is 5. The van der Waals surface area contributed by atoms with E-state index in [2.05, 4.69) is 15.4 Å². The molecule has 120 valence electrons. The van der Waals surface area contributed by atoms with Crippen molar-refractivity contribution in [2.45, 2.75) is 12.8 Å². The van der Waals surface area contributed by atoms with E-state index < -0.39 is 11.9 Å². The fourth-order valence-corrected chi connectivity index (χ4v) is 1.67. The second-order valence-electron chi connectivity index (χ2n) is 4.49. The molecule has 2 amide bonds. The maximum absolute atomic E-state index is 11.7. The highest BCUT2D eigenvalue weighted by Gasteiger charge is 2.10. The molecule has 0 aliphatic carbocycles. The third-order valence-electron chi connectivity index (χ3n) is 2.76. The van der Waals surface area contributed by atoms with Crippen LogP contribution in [-0.2, 0) is 19.1 Å². The van der Waals surface area contributed by atoms with Crippen LogP contribution in [0.15, 0.2) is 24.3 Å². The van der Waals surface area contributed by atoms with E-state index in [0.717, 1.165) is 0 Å². The second-order valence-corrected chi connectivity index (χ2v) is 4.49. The fourth-order valence-electron chi connectivity index (χ4n) is 1.67. The van der Waals surface area contributed by atoms with Gasteiger partial charge in [-0.05, 0) is 30.7 Å². The van der Waals surface area contributed by atoms with Crippen LogP contribution >= 0.6 is 0 Å². The number of rotatable bonds is 8. The third kappa shape index (κ3) is 6.36. The van der Waals surface area contributed by atoms with Gasteiger partial charge in [0.25, 0.3) is 0 Å². The Labute approximate surface area is 129 Å². The molecule has 0 unspecified atom stereocenters. The quantitative estimate of drug-likeness (QED) is 0.424. The third-order valence-corrected chi connectivity index (χ3v) is 2.76. The number of carbonyl (C=O) groups excluding carboxylic acids is 3. The zero-order valence-electron chi connectivity index (χ0n) is 12.7. The Morgan fingerprint density at radius 2 is 1.73 bits per heavy atom. The molecular formula is C15H20N2O5. The molecule has 0 heterocycles. The van der Waals surface area contributed by atoms with E-state index in [-0.39, 0.29) is 12.3 Å². The van der Waals surface area contributed by atoms with Gasteiger partial charge in [-0.1, -0.05) is 0 Å². The van der Waals surface area contributed by atoms with Crippen molar-refractivity contribution >= 4 is 23.5 Å². The maximum Gasteiger partial charge on any atom is 0.337 e. The van der Waals surface area contributed by atoms with E-state index in [1.807, 2.05) is 0 Å². The average Bonchev–Trinajstić information content (AvgIpc) is 2.51. The molecule has 0 aromatic heterocycles. The molecule has 1 rings (SSSR count). The van der Waals surface area contributed by atoms with Gasteiger partial charge in [0.1, 0.15) is 6.42 Å². The molecule has 0 atom stereocenters. The van der Waals surface area contributed by atoms with Crippen molar-refractivity contribution in [3.63, 3.8) is 0 Å². The summed E-state index contributed by atoms with van der Waals surface area (Å²) in [6, 6.07) is 6.21. The van der Waals surface area contributed by atoms with Crippen molar-refractivity contribution in [3.05, 3.63) is 29.8 Å². The number of amides is 2. The van der Waals surface area contributed by atoms with Crippen molar-refractivity contribution in [1.82, 2.24) is 5.32 Å². The van der Waals surface area contributed by atoms with Crippen LogP contribution < -0.4 is 10.6 Å². The standard InChI is InChI=1S/C15H20N2O5/c1-21-9-3-8-16-13(18)10-14(19)17-12-6-4-11(5-7-12)15(20)22-2/h4-7H,3,8-10H2,1-2H3,(H,16,18)(H,17,19). The van der Waals surface area contributed by atoms with Gasteiger partial charge in [0.05, 0.1) is 12.7 Å². The first-order chi connectivity index (χ1) is 10.6. The Kier molecular flexibility index (Phi) is 7.63. The van der Waals surface area contributed by atoms with Crippen molar-refractivity contribution in [3.8, 4) is 0 Å². The summed E-state index contributed by atoms with van der Waals surface area (Å²) in [4.78, 5) is 34.5. The number of anilines is 1. The van der Waals surface area contributed by atoms with Gasteiger partial charge < -0.3 is 20.1 Å². The lowest BCUT2D eigenvalue weighted by atomic mass is 10.2. The van der Waals surface area contributed by atoms with E-state index in [0.29, 0.717) is 30.8 Å². The van der Waals surface area contributed by atoms with E-state index in [1.165, 1.54) is 19.2 Å². The van der Waals surface area contributed by atoms with Crippen LogP contribution in [0.2, 0.25) is 0 Å². The SMILES string of the molecule is COCCCNC(=O)CC(=O)Nc1ccc(C(=O)OC)cc1. The summed E-state index contributed by atoms with van der Waals surface area (Å²) in [6.45, 7) is 1.02. The number of carbonyl (C=O) groups is 3. The second kappa shape index (κ2) is 9.51. The predicted octanol–water partition coefficient (Wildman–Crippen LogP) is 0.954. The highest BCUT2D eigenvalue weighted by Crippen LogP contribution is 2.10. The lowest BCUT2D eigenvalue weighted by Crippen LogP contribution is -2.29. The van der Waals surface area contributed by atoms with Crippen LogP contribution in [0, 0.1) is 0 Å². The first kappa shape index (κ1) is 17.6. The van der Waals surface area contributed by atoms with Gasteiger partial charge in [-0.25, -0.2) is 4.79 Å². The highest BCUT2D eigenvalue weighted by atomic mass is 16.5. The number of benzene rings is 1. The van der Waals surface area contributed by atoms with Gasteiger partial charge in [0, 0.05) is 25.9 Å². The molecule has 1 aromatic rings. The summed E-state index contributed by atoms with van der Waals surface area (Å²) in [5.41, 5.74) is 0.890. The Bertz CT molecular complexity index is 513. The number of methoxy groups -OCH3 is 2. The number of hydrogen-bond donors (Lipinski definition) is 2. The van der Waals surface area contributed by atoms with Crippen molar-refractivity contribution in [2.75, 3.05) is 32.7 Å². The first-order valence-electron chi connectivity index (χ1n) is 6.80. The maximum atomic E-state index is 11.7. The molecular weight excluding hydrogens is 288 g/mol. The summed E-state index contributed by atoms with van der Waals surface area (Å²) in [7, 11) is 2.88. The fraction of sp³-hybridized carbons (Fsp3) is 0.400. The Hall–Kier alpha value is -2.41. The van der Waals surface area contributed by atoms with Crippen LogP contribution in [0.1, 0.15) is 23.2 Å². The average molecular weight is 308 g/mol. The highest BCUT2D eigenvalue weighted by molar-refractivity contribution is 6.03. The zero-order valence-corrected chi connectivity index (χ0v) is 12.7. The van der Waals surface area contributed by atoms with Crippen LogP contribution in [0.4, 0.5) is 5.69 Å². The lowest BCUT2D eigenvalue weighted by molar-refractivity contribution is -0.126. The minimum absolute atomic E-state index is 0.258. The summed E-state index contributed by atoms with van der Waals surface area (Å²) in [5, 5.41) is 5.21.